The summed E-state index contributed by atoms with van der Waals surface area (Å²) in [4.78, 5) is 12.7. The minimum Gasteiger partial charge on any atom is -0.398 e. The van der Waals surface area contributed by atoms with Gasteiger partial charge in [0.25, 0.3) is 5.91 Å². The number of amides is 1. The molecular weight excluding hydrogens is 324 g/mol. The number of nitriles is 1. The number of nitrogen functional groups attached to an aromatic ring is 1. The molecule has 26 heavy (non-hydrogen) atoms. The number of anilines is 2. The van der Waals surface area contributed by atoms with E-state index in [9.17, 15) is 4.79 Å². The van der Waals surface area contributed by atoms with E-state index < -0.39 is 0 Å². The van der Waals surface area contributed by atoms with Crippen LogP contribution >= 0.6 is 0 Å². The van der Waals surface area contributed by atoms with Gasteiger partial charge in [-0.3, -0.25) is 4.79 Å². The number of para-hydroxylation sites is 1. The molecule has 4 N–H and O–H groups in total. The summed E-state index contributed by atoms with van der Waals surface area (Å²) in [6.45, 7) is 0. The molecule has 0 aliphatic rings. The standard InChI is InChI=1S/C21H16N4O/c22-12-14-5-4-6-15(9-14)16-10-17(13-23)20(24)19(11-16)21(26)25-18-7-2-1-3-8-18/h1-11,13,23H,24H2,(H,25,26). The number of nitrogens with two attached hydrogens (primary N) is 1. The lowest BCUT2D eigenvalue weighted by Crippen LogP contribution is -2.15. The number of rotatable bonds is 4. The van der Waals surface area contributed by atoms with Crippen molar-refractivity contribution in [2.45, 2.75) is 0 Å². The number of carbonyl (C=O) groups excluding carboxylic acids is 1. The van der Waals surface area contributed by atoms with Gasteiger partial charge < -0.3 is 16.5 Å². The number of carbonyl (C=O) groups is 1. The fraction of sp³-hybridized carbons (Fsp3) is 0. The summed E-state index contributed by atoms with van der Waals surface area (Å²) in [6, 6.07) is 21.7. The molecule has 0 aromatic heterocycles. The Morgan fingerprint density at radius 3 is 2.50 bits per heavy atom. The van der Waals surface area contributed by atoms with Crippen molar-refractivity contribution in [1.82, 2.24) is 0 Å². The molecule has 0 aliphatic carbocycles. The molecule has 0 fully saturated rings. The monoisotopic (exact) mass is 340 g/mol. The second-order valence-electron chi connectivity index (χ2n) is 5.68. The predicted octanol–water partition coefficient (Wildman–Crippen LogP) is 4.06. The summed E-state index contributed by atoms with van der Waals surface area (Å²) in [6.07, 6.45) is 1.12. The number of hydrogen-bond acceptors (Lipinski definition) is 4. The van der Waals surface area contributed by atoms with Gasteiger partial charge in [-0.05, 0) is 47.5 Å². The van der Waals surface area contributed by atoms with Gasteiger partial charge in [-0.2, -0.15) is 5.26 Å². The fourth-order valence-corrected chi connectivity index (χ4v) is 2.64. The Balaban J connectivity index is 2.06. The molecule has 0 bridgehead atoms. The zero-order chi connectivity index (χ0) is 18.5. The molecule has 3 aromatic rings. The highest BCUT2D eigenvalue weighted by atomic mass is 16.1. The molecule has 3 aromatic carbocycles. The maximum atomic E-state index is 12.7. The molecule has 0 heterocycles. The third kappa shape index (κ3) is 3.45. The molecule has 1 amide bonds. The molecule has 0 radical (unpaired) electrons. The summed E-state index contributed by atoms with van der Waals surface area (Å²) < 4.78 is 0. The molecule has 5 heteroatoms. The Morgan fingerprint density at radius 1 is 1.04 bits per heavy atom. The number of benzene rings is 3. The van der Waals surface area contributed by atoms with Crippen molar-refractivity contribution in [3.63, 3.8) is 0 Å². The Bertz CT molecular complexity index is 1020. The van der Waals surface area contributed by atoms with E-state index in [0.717, 1.165) is 11.8 Å². The highest BCUT2D eigenvalue weighted by Crippen LogP contribution is 2.28. The Morgan fingerprint density at radius 2 is 1.81 bits per heavy atom. The van der Waals surface area contributed by atoms with Crippen LogP contribution in [0.15, 0.2) is 66.7 Å². The molecule has 5 nitrogen and oxygen atoms in total. The first-order valence-electron chi connectivity index (χ1n) is 7.93. The average Bonchev–Trinajstić information content (AvgIpc) is 2.69. The molecule has 0 unspecified atom stereocenters. The molecule has 0 saturated heterocycles. The van der Waals surface area contributed by atoms with Gasteiger partial charge in [0.2, 0.25) is 0 Å². The zero-order valence-corrected chi connectivity index (χ0v) is 13.9. The molecule has 0 aliphatic heterocycles. The van der Waals surface area contributed by atoms with Crippen molar-refractivity contribution < 1.29 is 4.79 Å². The van der Waals surface area contributed by atoms with Crippen LogP contribution < -0.4 is 11.1 Å². The number of nitrogens with one attached hydrogen (secondary N) is 2. The van der Waals surface area contributed by atoms with Crippen LogP contribution in [0.5, 0.6) is 0 Å². The van der Waals surface area contributed by atoms with Crippen molar-refractivity contribution in [3.8, 4) is 17.2 Å². The summed E-state index contributed by atoms with van der Waals surface area (Å²) >= 11 is 0. The number of hydrogen-bond donors (Lipinski definition) is 3. The van der Waals surface area contributed by atoms with Gasteiger partial charge in [-0.25, -0.2) is 0 Å². The average molecular weight is 340 g/mol. The van der Waals surface area contributed by atoms with Crippen molar-refractivity contribution >= 4 is 23.5 Å². The van der Waals surface area contributed by atoms with E-state index in [-0.39, 0.29) is 17.2 Å². The molecule has 3 rings (SSSR count). The van der Waals surface area contributed by atoms with Gasteiger partial charge in [-0.15, -0.1) is 0 Å². The molecular formula is C21H16N4O. The Hall–Kier alpha value is -3.91. The second-order valence-corrected chi connectivity index (χ2v) is 5.68. The lowest BCUT2D eigenvalue weighted by molar-refractivity contribution is 0.102. The quantitative estimate of drug-likeness (QED) is 0.493. The van der Waals surface area contributed by atoms with Crippen molar-refractivity contribution in [2.24, 2.45) is 0 Å². The smallest absolute Gasteiger partial charge is 0.257 e. The van der Waals surface area contributed by atoms with Gasteiger partial charge >= 0.3 is 0 Å². The predicted molar refractivity (Wildman–Crippen MR) is 103 cm³/mol. The fourth-order valence-electron chi connectivity index (χ4n) is 2.64. The highest BCUT2D eigenvalue weighted by Gasteiger charge is 2.15. The molecule has 0 saturated carbocycles. The van der Waals surface area contributed by atoms with Gasteiger partial charge in [0.05, 0.1) is 22.9 Å². The van der Waals surface area contributed by atoms with Crippen LogP contribution in [0.3, 0.4) is 0 Å². The highest BCUT2D eigenvalue weighted by molar-refractivity contribution is 6.11. The number of nitrogens with zero attached hydrogens (tertiary/aromatic N) is 1. The Labute approximate surface area is 151 Å². The first-order valence-corrected chi connectivity index (χ1v) is 7.93. The van der Waals surface area contributed by atoms with Crippen LogP contribution in [0, 0.1) is 16.7 Å². The van der Waals surface area contributed by atoms with Gasteiger partial charge in [-0.1, -0.05) is 30.3 Å². The van der Waals surface area contributed by atoms with Gasteiger partial charge in [0.1, 0.15) is 0 Å². The summed E-state index contributed by atoms with van der Waals surface area (Å²) in [5.74, 6) is -0.352. The van der Waals surface area contributed by atoms with Crippen LogP contribution in [-0.4, -0.2) is 12.1 Å². The van der Waals surface area contributed by atoms with Crippen molar-refractivity contribution in [1.29, 1.82) is 10.7 Å². The lowest BCUT2D eigenvalue weighted by Gasteiger charge is -2.13. The van der Waals surface area contributed by atoms with Crippen molar-refractivity contribution in [3.05, 3.63) is 83.4 Å². The van der Waals surface area contributed by atoms with E-state index in [1.165, 1.54) is 0 Å². The molecule has 0 atom stereocenters. The third-order valence-corrected chi connectivity index (χ3v) is 3.97. The van der Waals surface area contributed by atoms with Gasteiger partial charge in [0, 0.05) is 17.5 Å². The minimum absolute atomic E-state index is 0.244. The summed E-state index contributed by atoms with van der Waals surface area (Å²) in [7, 11) is 0. The van der Waals surface area contributed by atoms with Crippen LogP contribution in [0.4, 0.5) is 11.4 Å². The van der Waals surface area contributed by atoms with E-state index >= 15 is 0 Å². The van der Waals surface area contributed by atoms with Crippen LogP contribution in [0.2, 0.25) is 0 Å². The lowest BCUT2D eigenvalue weighted by atomic mass is 9.96. The largest absolute Gasteiger partial charge is 0.398 e. The second kappa shape index (κ2) is 7.32. The van der Waals surface area contributed by atoms with E-state index in [2.05, 4.69) is 11.4 Å². The van der Waals surface area contributed by atoms with Gasteiger partial charge in [0.15, 0.2) is 0 Å². The molecule has 126 valence electrons. The van der Waals surface area contributed by atoms with E-state index in [0.29, 0.717) is 22.4 Å². The van der Waals surface area contributed by atoms with Crippen LogP contribution in [0.1, 0.15) is 21.5 Å². The third-order valence-electron chi connectivity index (χ3n) is 3.97. The summed E-state index contributed by atoms with van der Waals surface area (Å²) in [5.41, 5.74) is 9.73. The normalized spacial score (nSPS) is 9.96. The van der Waals surface area contributed by atoms with E-state index in [1.807, 2.05) is 24.3 Å². The maximum Gasteiger partial charge on any atom is 0.257 e. The van der Waals surface area contributed by atoms with Crippen molar-refractivity contribution in [2.75, 3.05) is 11.1 Å². The Kier molecular flexibility index (Phi) is 4.77. The first kappa shape index (κ1) is 16.9. The topological polar surface area (TPSA) is 103 Å². The van der Waals surface area contributed by atoms with E-state index in [1.54, 1.807) is 42.5 Å². The zero-order valence-electron chi connectivity index (χ0n) is 13.9. The molecule has 0 spiro atoms. The summed E-state index contributed by atoms with van der Waals surface area (Å²) in [5, 5.41) is 19.5. The maximum absolute atomic E-state index is 12.7. The van der Waals surface area contributed by atoms with Crippen LogP contribution in [-0.2, 0) is 0 Å². The SMILES string of the molecule is N#Cc1cccc(-c2cc(C=N)c(N)c(C(=O)Nc3ccccc3)c2)c1. The first-order chi connectivity index (χ1) is 12.6. The van der Waals surface area contributed by atoms with Crippen LogP contribution in [0.25, 0.3) is 11.1 Å². The van der Waals surface area contributed by atoms with E-state index in [4.69, 9.17) is 16.4 Å². The minimum atomic E-state index is -0.352.